The highest BCUT2D eigenvalue weighted by molar-refractivity contribution is 5.94. The average molecular weight is 450 g/mol. The van der Waals surface area contributed by atoms with Gasteiger partial charge < -0.3 is 14.2 Å². The number of halogens is 9. The number of carbonyl (C=O) groups excluding carboxylic acids is 3. The molecule has 15 heteroatoms. The topological polar surface area (TPSA) is 78.9 Å². The molecule has 0 saturated heterocycles. The second-order valence-corrected chi connectivity index (χ2v) is 3.91. The summed E-state index contributed by atoms with van der Waals surface area (Å²) in [5, 5.41) is 0. The fourth-order valence-electron chi connectivity index (χ4n) is 0.618. The third-order valence-electron chi connectivity index (χ3n) is 1.69. The minimum Gasteiger partial charge on any atom is -0.502 e. The van der Waals surface area contributed by atoms with Crippen LogP contribution in [0.5, 0.6) is 0 Å². The van der Waals surface area contributed by atoms with Crippen LogP contribution in [0.3, 0.4) is 0 Å². The Balaban J connectivity index is -0.000000383. The molecular weight excluding hydrogens is 435 g/mol. The highest BCUT2D eigenvalue weighted by Crippen LogP contribution is 2.21. The van der Waals surface area contributed by atoms with Crippen molar-refractivity contribution in [2.24, 2.45) is 0 Å². The predicted molar refractivity (Wildman–Crippen MR) is 76.9 cm³/mol. The van der Waals surface area contributed by atoms with Crippen molar-refractivity contribution < 1.29 is 68.1 Å². The summed E-state index contributed by atoms with van der Waals surface area (Å²) in [6.07, 6.45) is -13.5. The number of alkyl halides is 9. The van der Waals surface area contributed by atoms with Gasteiger partial charge in [-0.2, -0.15) is 39.5 Å². The zero-order valence-corrected chi connectivity index (χ0v) is 14.7. The Bertz CT molecular complexity index is 523. The minimum absolute atomic E-state index is 0.238. The quantitative estimate of drug-likeness (QED) is 0.207. The summed E-state index contributed by atoms with van der Waals surface area (Å²) in [5.41, 5.74) is 0. The molecule has 0 unspecified atom stereocenters. The number of esters is 2. The largest absolute Gasteiger partial charge is 0.502 e. The molecule has 0 radical (unpaired) electrons. The predicted octanol–water partition coefficient (Wildman–Crippen LogP) is 4.02. The van der Waals surface area contributed by atoms with Gasteiger partial charge in [0, 0.05) is 6.08 Å². The maximum atomic E-state index is 11.4. The number of ether oxygens (including phenoxy) is 3. The molecule has 0 aliphatic heterocycles. The molecule has 29 heavy (non-hydrogen) atoms. The van der Waals surface area contributed by atoms with Gasteiger partial charge in [0.05, 0.1) is 25.7 Å². The van der Waals surface area contributed by atoms with Gasteiger partial charge in [-0.15, -0.1) is 0 Å². The van der Waals surface area contributed by atoms with Crippen molar-refractivity contribution in [1.29, 1.82) is 0 Å². The van der Waals surface area contributed by atoms with Crippen LogP contribution in [-0.2, 0) is 28.6 Å². The van der Waals surface area contributed by atoms with E-state index in [2.05, 4.69) is 20.8 Å². The third-order valence-corrected chi connectivity index (χ3v) is 1.69. The Hall–Kier alpha value is -2.74. The second-order valence-electron chi connectivity index (χ2n) is 3.91. The van der Waals surface area contributed by atoms with Gasteiger partial charge in [-0.3, -0.25) is 4.79 Å². The minimum atomic E-state index is -5.62. The van der Waals surface area contributed by atoms with E-state index in [1.807, 2.05) is 6.92 Å². The molecule has 0 N–H and O–H groups in total. The van der Waals surface area contributed by atoms with E-state index in [4.69, 9.17) is 0 Å². The van der Waals surface area contributed by atoms with Crippen LogP contribution in [-0.4, -0.2) is 49.5 Å². The molecular formula is C14H15F9O6. The van der Waals surface area contributed by atoms with Gasteiger partial charge in [-0.1, -0.05) is 6.58 Å². The maximum Gasteiger partial charge on any atom is 0.491 e. The van der Waals surface area contributed by atoms with Crippen molar-refractivity contribution in [2.45, 2.75) is 32.4 Å². The molecule has 0 aliphatic carbocycles. The highest BCUT2D eigenvalue weighted by atomic mass is 19.4. The molecule has 0 fully saturated rings. The number of carbonyl (C=O) groups is 3. The van der Waals surface area contributed by atoms with Gasteiger partial charge in [0.15, 0.2) is 0 Å². The van der Waals surface area contributed by atoms with Gasteiger partial charge >= 0.3 is 30.5 Å². The molecule has 0 aromatic heterocycles. The average Bonchev–Trinajstić information content (AvgIpc) is 2.54. The number of hydrogen-bond donors (Lipinski definition) is 0. The highest BCUT2D eigenvalue weighted by Gasteiger charge is 2.49. The lowest BCUT2D eigenvalue weighted by molar-refractivity contribution is -0.221. The summed E-state index contributed by atoms with van der Waals surface area (Å²) in [5.74, 6) is -8.31. The first-order valence-electron chi connectivity index (χ1n) is 6.96. The SMILES string of the molecule is C=COCC.CCO/C=C\C(=O)C(F)(F)F.O=C(OC(=O)C(F)(F)F)C(F)(F)F. The lowest BCUT2D eigenvalue weighted by atomic mass is 10.4. The monoisotopic (exact) mass is 450 g/mol. The Morgan fingerprint density at radius 3 is 1.34 bits per heavy atom. The summed E-state index contributed by atoms with van der Waals surface area (Å²) >= 11 is 0. The van der Waals surface area contributed by atoms with E-state index in [1.165, 1.54) is 6.26 Å². The lowest BCUT2D eigenvalue weighted by Crippen LogP contribution is -2.34. The van der Waals surface area contributed by atoms with Crippen LogP contribution in [0.1, 0.15) is 13.8 Å². The standard InChI is InChI=1S/C6H7F3O2.C4F6O3.C4H8O/c1-2-11-4-3-5(10)6(7,8)9;5-3(6,7)1(11)13-2(12)4(8,9)10;1-3-5-4-2/h3-4H,2H2,1H3;;3H,1,4H2,2H3/b4-3-;;. The van der Waals surface area contributed by atoms with E-state index in [0.717, 1.165) is 12.9 Å². The van der Waals surface area contributed by atoms with E-state index in [0.29, 0.717) is 6.08 Å². The van der Waals surface area contributed by atoms with Crippen LogP contribution in [0.15, 0.2) is 25.2 Å². The summed E-state index contributed by atoms with van der Waals surface area (Å²) in [6, 6.07) is 0. The zero-order chi connectivity index (χ0) is 23.9. The number of ketones is 1. The van der Waals surface area contributed by atoms with Crippen LogP contribution >= 0.6 is 0 Å². The van der Waals surface area contributed by atoms with Crippen molar-refractivity contribution in [3.05, 3.63) is 25.2 Å². The van der Waals surface area contributed by atoms with Gasteiger partial charge in [0.1, 0.15) is 0 Å². The van der Waals surface area contributed by atoms with E-state index >= 15 is 0 Å². The van der Waals surface area contributed by atoms with E-state index < -0.39 is 36.3 Å². The van der Waals surface area contributed by atoms with Gasteiger partial charge in [0.25, 0.3) is 5.78 Å². The molecule has 0 aliphatic rings. The molecule has 0 saturated carbocycles. The Morgan fingerprint density at radius 2 is 1.14 bits per heavy atom. The molecule has 0 bridgehead atoms. The van der Waals surface area contributed by atoms with Crippen molar-refractivity contribution in [1.82, 2.24) is 0 Å². The Morgan fingerprint density at radius 1 is 0.759 bits per heavy atom. The second kappa shape index (κ2) is 14.3. The van der Waals surface area contributed by atoms with E-state index in [-0.39, 0.29) is 6.61 Å². The van der Waals surface area contributed by atoms with Crippen molar-refractivity contribution in [3.8, 4) is 0 Å². The van der Waals surface area contributed by atoms with Gasteiger partial charge in [0.2, 0.25) is 0 Å². The lowest BCUT2D eigenvalue weighted by Gasteiger charge is -2.06. The van der Waals surface area contributed by atoms with Crippen LogP contribution < -0.4 is 0 Å². The van der Waals surface area contributed by atoms with Crippen LogP contribution in [0.4, 0.5) is 39.5 Å². The molecule has 0 spiro atoms. The first kappa shape index (κ1) is 31.0. The number of hydrogen-bond acceptors (Lipinski definition) is 6. The van der Waals surface area contributed by atoms with Gasteiger partial charge in [-0.05, 0) is 13.8 Å². The van der Waals surface area contributed by atoms with Crippen molar-refractivity contribution in [2.75, 3.05) is 13.2 Å². The van der Waals surface area contributed by atoms with E-state index in [1.54, 1.807) is 6.92 Å². The maximum absolute atomic E-state index is 11.4. The molecule has 0 heterocycles. The first-order chi connectivity index (χ1) is 12.9. The van der Waals surface area contributed by atoms with Crippen LogP contribution in [0, 0.1) is 0 Å². The summed E-state index contributed by atoms with van der Waals surface area (Å²) in [6.45, 7) is 7.81. The van der Waals surface area contributed by atoms with Crippen molar-refractivity contribution >= 4 is 17.7 Å². The van der Waals surface area contributed by atoms with Crippen molar-refractivity contribution in [3.63, 3.8) is 0 Å². The molecule has 0 atom stereocenters. The zero-order valence-electron chi connectivity index (χ0n) is 14.7. The Labute approximate surface area is 157 Å². The molecule has 6 nitrogen and oxygen atoms in total. The first-order valence-corrected chi connectivity index (χ1v) is 6.96. The molecule has 0 aromatic rings. The number of allylic oxidation sites excluding steroid dienone is 1. The molecule has 170 valence electrons. The summed E-state index contributed by atoms with van der Waals surface area (Å²) < 4.78 is 113. The number of rotatable bonds is 5. The summed E-state index contributed by atoms with van der Waals surface area (Å²) in [7, 11) is 0. The Kier molecular flexibility index (Phi) is 15.3. The fourth-order valence-corrected chi connectivity index (χ4v) is 0.618. The molecule has 0 rings (SSSR count). The third kappa shape index (κ3) is 19.8. The van der Waals surface area contributed by atoms with Crippen LogP contribution in [0.2, 0.25) is 0 Å². The smallest absolute Gasteiger partial charge is 0.491 e. The molecule has 0 amide bonds. The molecule has 0 aromatic carbocycles. The fraction of sp³-hybridized carbons (Fsp3) is 0.500. The van der Waals surface area contributed by atoms with E-state index in [9.17, 15) is 53.9 Å². The summed E-state index contributed by atoms with van der Waals surface area (Å²) in [4.78, 5) is 29.4. The van der Waals surface area contributed by atoms with Crippen LogP contribution in [0.25, 0.3) is 0 Å². The van der Waals surface area contributed by atoms with Gasteiger partial charge in [-0.25, -0.2) is 9.59 Å². The normalized spacial score (nSPS) is 11.3.